The SMILES string of the molecule is COC(=O)C1CC(C2c3ccccc3-c3ccccc32)CCC1N. The summed E-state index contributed by atoms with van der Waals surface area (Å²) in [7, 11) is 1.46. The van der Waals surface area contributed by atoms with Crippen LogP contribution >= 0.6 is 0 Å². The van der Waals surface area contributed by atoms with Crippen molar-refractivity contribution in [3.63, 3.8) is 0 Å². The molecule has 0 bridgehead atoms. The van der Waals surface area contributed by atoms with Crippen molar-refractivity contribution < 1.29 is 9.53 Å². The maximum absolute atomic E-state index is 12.1. The van der Waals surface area contributed by atoms with Gasteiger partial charge in [-0.2, -0.15) is 0 Å². The van der Waals surface area contributed by atoms with Gasteiger partial charge in [0.15, 0.2) is 0 Å². The molecule has 0 heterocycles. The van der Waals surface area contributed by atoms with Crippen molar-refractivity contribution >= 4 is 5.97 Å². The summed E-state index contributed by atoms with van der Waals surface area (Å²) in [4.78, 5) is 12.1. The summed E-state index contributed by atoms with van der Waals surface area (Å²) < 4.78 is 4.99. The summed E-state index contributed by atoms with van der Waals surface area (Å²) in [6.45, 7) is 0. The zero-order valence-electron chi connectivity index (χ0n) is 13.9. The zero-order valence-corrected chi connectivity index (χ0v) is 13.9. The molecule has 3 atom stereocenters. The summed E-state index contributed by atoms with van der Waals surface area (Å²) in [5.41, 5.74) is 11.7. The quantitative estimate of drug-likeness (QED) is 0.858. The lowest BCUT2D eigenvalue weighted by Gasteiger charge is -2.36. The van der Waals surface area contributed by atoms with E-state index in [2.05, 4.69) is 48.5 Å². The smallest absolute Gasteiger partial charge is 0.310 e. The van der Waals surface area contributed by atoms with Gasteiger partial charge in [0.1, 0.15) is 0 Å². The van der Waals surface area contributed by atoms with Crippen LogP contribution in [0.2, 0.25) is 0 Å². The Kier molecular flexibility index (Phi) is 3.89. The summed E-state index contributed by atoms with van der Waals surface area (Å²) in [6.07, 6.45) is 2.74. The number of fused-ring (bicyclic) bond motifs is 3. The second-order valence-corrected chi connectivity index (χ2v) is 7.02. The summed E-state index contributed by atoms with van der Waals surface area (Å²) in [6, 6.07) is 17.2. The monoisotopic (exact) mass is 321 g/mol. The number of hydrogen-bond acceptors (Lipinski definition) is 3. The fourth-order valence-corrected chi connectivity index (χ4v) is 4.65. The van der Waals surface area contributed by atoms with Crippen molar-refractivity contribution in [2.75, 3.05) is 7.11 Å². The largest absolute Gasteiger partial charge is 0.469 e. The topological polar surface area (TPSA) is 52.3 Å². The van der Waals surface area contributed by atoms with Crippen molar-refractivity contribution in [3.8, 4) is 11.1 Å². The van der Waals surface area contributed by atoms with E-state index < -0.39 is 0 Å². The van der Waals surface area contributed by atoms with E-state index in [4.69, 9.17) is 10.5 Å². The first kappa shape index (κ1) is 15.4. The molecule has 2 aliphatic carbocycles. The Morgan fingerprint density at radius 1 is 1.00 bits per heavy atom. The van der Waals surface area contributed by atoms with Crippen LogP contribution in [-0.2, 0) is 9.53 Å². The first-order valence-electron chi connectivity index (χ1n) is 8.72. The van der Waals surface area contributed by atoms with Gasteiger partial charge in [-0.3, -0.25) is 4.79 Å². The number of ether oxygens (including phenoxy) is 1. The van der Waals surface area contributed by atoms with Crippen LogP contribution in [0.4, 0.5) is 0 Å². The average Bonchev–Trinajstić information content (AvgIpc) is 2.96. The third-order valence-corrected chi connectivity index (χ3v) is 5.80. The van der Waals surface area contributed by atoms with Crippen molar-refractivity contribution in [2.45, 2.75) is 31.2 Å². The Labute approximate surface area is 142 Å². The molecule has 0 aliphatic heterocycles. The predicted molar refractivity (Wildman–Crippen MR) is 94.5 cm³/mol. The Hall–Kier alpha value is -2.13. The zero-order chi connectivity index (χ0) is 16.7. The molecule has 124 valence electrons. The summed E-state index contributed by atoms with van der Waals surface area (Å²) in [5, 5.41) is 0. The molecular formula is C21H23NO2. The highest BCUT2D eigenvalue weighted by Crippen LogP contribution is 2.51. The molecule has 1 saturated carbocycles. The van der Waals surface area contributed by atoms with Crippen LogP contribution in [-0.4, -0.2) is 19.1 Å². The highest BCUT2D eigenvalue weighted by atomic mass is 16.5. The van der Waals surface area contributed by atoms with Gasteiger partial charge in [-0.1, -0.05) is 48.5 Å². The van der Waals surface area contributed by atoms with Gasteiger partial charge in [-0.25, -0.2) is 0 Å². The highest BCUT2D eigenvalue weighted by molar-refractivity contribution is 5.79. The van der Waals surface area contributed by atoms with Gasteiger partial charge in [0.05, 0.1) is 13.0 Å². The fourth-order valence-electron chi connectivity index (χ4n) is 4.65. The molecule has 2 aromatic rings. The average molecular weight is 321 g/mol. The van der Waals surface area contributed by atoms with E-state index in [1.165, 1.54) is 29.4 Å². The van der Waals surface area contributed by atoms with Gasteiger partial charge in [0.25, 0.3) is 0 Å². The molecule has 0 radical (unpaired) electrons. The Bertz CT molecular complexity index is 724. The molecule has 0 amide bonds. The predicted octanol–water partition coefficient (Wildman–Crippen LogP) is 3.72. The van der Waals surface area contributed by atoms with Crippen molar-refractivity contribution in [3.05, 3.63) is 59.7 Å². The van der Waals surface area contributed by atoms with Crippen LogP contribution in [0.15, 0.2) is 48.5 Å². The Balaban J connectivity index is 1.73. The van der Waals surface area contributed by atoms with E-state index in [1.54, 1.807) is 0 Å². The molecule has 3 nitrogen and oxygen atoms in total. The maximum atomic E-state index is 12.1. The molecule has 24 heavy (non-hydrogen) atoms. The lowest BCUT2D eigenvalue weighted by atomic mass is 9.70. The number of hydrogen-bond donors (Lipinski definition) is 1. The first-order valence-corrected chi connectivity index (χ1v) is 8.72. The minimum absolute atomic E-state index is 0.0828. The molecule has 0 aromatic heterocycles. The van der Waals surface area contributed by atoms with Gasteiger partial charge in [0, 0.05) is 12.0 Å². The Morgan fingerprint density at radius 3 is 2.17 bits per heavy atom. The van der Waals surface area contributed by atoms with E-state index in [1.807, 2.05) is 0 Å². The maximum Gasteiger partial charge on any atom is 0.310 e. The van der Waals surface area contributed by atoms with Gasteiger partial charge < -0.3 is 10.5 Å². The molecular weight excluding hydrogens is 298 g/mol. The number of esters is 1. The number of rotatable bonds is 2. The molecule has 2 N–H and O–H groups in total. The van der Waals surface area contributed by atoms with Crippen LogP contribution in [0.3, 0.4) is 0 Å². The number of carbonyl (C=O) groups excluding carboxylic acids is 1. The molecule has 1 fully saturated rings. The van der Waals surface area contributed by atoms with E-state index in [0.717, 1.165) is 19.3 Å². The van der Waals surface area contributed by atoms with E-state index in [0.29, 0.717) is 11.8 Å². The molecule has 0 spiro atoms. The van der Waals surface area contributed by atoms with Crippen LogP contribution in [0.25, 0.3) is 11.1 Å². The highest BCUT2D eigenvalue weighted by Gasteiger charge is 2.41. The van der Waals surface area contributed by atoms with Gasteiger partial charge in [0.2, 0.25) is 0 Å². The van der Waals surface area contributed by atoms with Crippen molar-refractivity contribution in [1.29, 1.82) is 0 Å². The van der Waals surface area contributed by atoms with E-state index >= 15 is 0 Å². The molecule has 2 aromatic carbocycles. The summed E-state index contributed by atoms with van der Waals surface area (Å²) in [5.74, 6) is 0.441. The van der Waals surface area contributed by atoms with Crippen LogP contribution in [0.5, 0.6) is 0 Å². The fraction of sp³-hybridized carbons (Fsp3) is 0.381. The number of benzene rings is 2. The third-order valence-electron chi connectivity index (χ3n) is 5.80. The third kappa shape index (κ3) is 2.35. The minimum Gasteiger partial charge on any atom is -0.469 e. The van der Waals surface area contributed by atoms with Crippen molar-refractivity contribution in [2.24, 2.45) is 17.6 Å². The summed E-state index contributed by atoms with van der Waals surface area (Å²) >= 11 is 0. The van der Waals surface area contributed by atoms with Crippen molar-refractivity contribution in [1.82, 2.24) is 0 Å². The van der Waals surface area contributed by atoms with E-state index in [9.17, 15) is 4.79 Å². The molecule has 4 rings (SSSR count). The normalized spacial score (nSPS) is 25.8. The van der Waals surface area contributed by atoms with Crippen LogP contribution in [0.1, 0.15) is 36.3 Å². The first-order chi connectivity index (χ1) is 11.7. The molecule has 0 saturated heterocycles. The second-order valence-electron chi connectivity index (χ2n) is 7.02. The lowest BCUT2D eigenvalue weighted by molar-refractivity contribution is -0.147. The van der Waals surface area contributed by atoms with Gasteiger partial charge >= 0.3 is 5.97 Å². The molecule has 3 unspecified atom stereocenters. The number of nitrogens with two attached hydrogens (primary N) is 1. The van der Waals surface area contributed by atoms with Gasteiger partial charge in [-0.05, 0) is 47.4 Å². The van der Waals surface area contributed by atoms with Gasteiger partial charge in [-0.15, -0.1) is 0 Å². The lowest BCUT2D eigenvalue weighted by Crippen LogP contribution is -2.42. The van der Waals surface area contributed by atoms with E-state index in [-0.39, 0.29) is 17.9 Å². The van der Waals surface area contributed by atoms with Crippen LogP contribution < -0.4 is 5.73 Å². The van der Waals surface area contributed by atoms with Crippen LogP contribution in [0, 0.1) is 11.8 Å². The number of carbonyl (C=O) groups is 1. The Morgan fingerprint density at radius 2 is 1.58 bits per heavy atom. The molecule has 3 heteroatoms. The number of methoxy groups -OCH3 is 1. The standard InChI is InChI=1S/C21H23NO2/c1-24-21(23)18-12-13(10-11-19(18)22)20-16-8-4-2-6-14(16)15-7-3-5-9-17(15)20/h2-9,13,18-20H,10-12,22H2,1H3. The minimum atomic E-state index is -0.186. The second kappa shape index (κ2) is 6.06. The molecule has 2 aliphatic rings.